The van der Waals surface area contributed by atoms with Crippen LogP contribution in [-0.4, -0.2) is 51.2 Å². The number of carbonyl (C=O) groups excluding carboxylic acids is 1. The Bertz CT molecular complexity index is 787. The van der Waals surface area contributed by atoms with Gasteiger partial charge in [0.25, 0.3) is 5.91 Å². The van der Waals surface area contributed by atoms with E-state index in [-0.39, 0.29) is 18.1 Å². The predicted molar refractivity (Wildman–Crippen MR) is 94.0 cm³/mol. The molecule has 1 aliphatic carbocycles. The van der Waals surface area contributed by atoms with Crippen molar-refractivity contribution in [1.29, 1.82) is 0 Å². The summed E-state index contributed by atoms with van der Waals surface area (Å²) in [5.41, 5.74) is 1.38. The van der Waals surface area contributed by atoms with Gasteiger partial charge in [0.05, 0.1) is 6.10 Å². The van der Waals surface area contributed by atoms with E-state index in [9.17, 15) is 9.90 Å². The Kier molecular flexibility index (Phi) is 4.58. The average Bonchev–Trinajstić information content (AvgIpc) is 3.26. The highest BCUT2D eigenvalue weighted by Gasteiger charge is 2.34. The van der Waals surface area contributed by atoms with Crippen LogP contribution in [0.1, 0.15) is 54.0 Å². The van der Waals surface area contributed by atoms with E-state index in [1.807, 2.05) is 13.0 Å². The number of aryl methyl sites for hydroxylation is 1. The zero-order chi connectivity index (χ0) is 18.1. The minimum Gasteiger partial charge on any atom is -0.448 e. The third-order valence-electron chi connectivity index (χ3n) is 5.23. The summed E-state index contributed by atoms with van der Waals surface area (Å²) in [6.45, 7) is 3.37. The Morgan fingerprint density at radius 2 is 2.23 bits per heavy atom. The zero-order valence-electron chi connectivity index (χ0n) is 14.8. The smallest absolute Gasteiger partial charge is 0.273 e. The molecule has 138 valence electrons. The number of hydrogen-bond donors (Lipinski definition) is 2. The van der Waals surface area contributed by atoms with Gasteiger partial charge in [0.1, 0.15) is 17.9 Å². The first-order chi connectivity index (χ1) is 12.6. The van der Waals surface area contributed by atoms with Gasteiger partial charge in [-0.15, -0.1) is 0 Å². The van der Waals surface area contributed by atoms with E-state index < -0.39 is 0 Å². The Balaban J connectivity index is 1.34. The number of aliphatic hydroxyl groups is 1. The number of amides is 1. The second-order valence-electron chi connectivity index (χ2n) is 7.01. The summed E-state index contributed by atoms with van der Waals surface area (Å²) >= 11 is 0. The van der Waals surface area contributed by atoms with Crippen molar-refractivity contribution in [2.75, 3.05) is 18.0 Å². The molecular weight excluding hydrogens is 334 g/mol. The first-order valence-electron chi connectivity index (χ1n) is 9.12. The molecule has 2 aromatic rings. The summed E-state index contributed by atoms with van der Waals surface area (Å²) in [6, 6.07) is 2.13. The van der Waals surface area contributed by atoms with Crippen molar-refractivity contribution in [2.45, 2.75) is 50.7 Å². The van der Waals surface area contributed by atoms with Crippen molar-refractivity contribution in [3.8, 4) is 0 Å². The predicted octanol–water partition coefficient (Wildman–Crippen LogP) is 1.27. The summed E-state index contributed by atoms with van der Waals surface area (Å²) < 4.78 is 5.22. The van der Waals surface area contributed by atoms with Crippen LogP contribution in [0.25, 0.3) is 0 Å². The largest absolute Gasteiger partial charge is 0.448 e. The number of hydrogen-bond acceptors (Lipinski definition) is 7. The molecule has 0 radical (unpaired) electrons. The highest BCUT2D eigenvalue weighted by atomic mass is 16.3. The lowest BCUT2D eigenvalue weighted by molar-refractivity contribution is 0.0901. The standard InChI is InChI=1S/C18H23N5O3/c1-2-15-17(21-10-26-15)18(25)22-12-5-11(6-12)14-7-16(20-9-19-14)23-4-3-13(24)8-23/h7,9-13,24H,2-6,8H2,1H3,(H,22,25)/t11?,12?,13-/m0/s1. The molecule has 4 rings (SSSR count). The number of oxazole rings is 1. The molecule has 26 heavy (non-hydrogen) atoms. The lowest BCUT2D eigenvalue weighted by atomic mass is 9.78. The molecule has 8 heteroatoms. The van der Waals surface area contributed by atoms with E-state index in [1.165, 1.54) is 6.39 Å². The van der Waals surface area contributed by atoms with E-state index in [0.29, 0.717) is 30.3 Å². The van der Waals surface area contributed by atoms with Crippen molar-refractivity contribution < 1.29 is 14.3 Å². The molecule has 2 fully saturated rings. The van der Waals surface area contributed by atoms with Gasteiger partial charge in [0.15, 0.2) is 12.1 Å². The number of nitrogens with one attached hydrogen (secondary N) is 1. The molecule has 1 saturated carbocycles. The molecule has 1 aliphatic heterocycles. The van der Waals surface area contributed by atoms with E-state index in [1.54, 1.807) is 6.33 Å². The molecule has 2 N–H and O–H groups in total. The van der Waals surface area contributed by atoms with E-state index >= 15 is 0 Å². The lowest BCUT2D eigenvalue weighted by Gasteiger charge is -2.35. The van der Waals surface area contributed by atoms with E-state index in [0.717, 1.165) is 37.3 Å². The Labute approximate surface area is 151 Å². The van der Waals surface area contributed by atoms with Crippen molar-refractivity contribution in [2.24, 2.45) is 0 Å². The molecule has 2 aromatic heterocycles. The fourth-order valence-electron chi connectivity index (χ4n) is 3.65. The summed E-state index contributed by atoms with van der Waals surface area (Å²) in [5, 5.41) is 12.7. The van der Waals surface area contributed by atoms with E-state index in [2.05, 4.69) is 25.2 Å². The van der Waals surface area contributed by atoms with Crippen LogP contribution in [0.5, 0.6) is 0 Å². The number of nitrogens with zero attached hydrogens (tertiary/aromatic N) is 4. The minimum absolute atomic E-state index is 0.126. The number of aliphatic hydroxyl groups excluding tert-OH is 1. The second kappa shape index (κ2) is 7.03. The number of anilines is 1. The SMILES string of the molecule is CCc1ocnc1C(=O)NC1CC(c2cc(N3CC[C@H](O)C3)ncn2)C1. The Morgan fingerprint density at radius 3 is 2.96 bits per heavy atom. The molecule has 1 atom stereocenters. The molecule has 0 bridgehead atoms. The van der Waals surface area contributed by atoms with Gasteiger partial charge in [-0.2, -0.15) is 0 Å². The van der Waals surface area contributed by atoms with Gasteiger partial charge in [-0.1, -0.05) is 6.92 Å². The Hall–Kier alpha value is -2.48. The number of aromatic nitrogens is 3. The van der Waals surface area contributed by atoms with E-state index in [4.69, 9.17) is 4.42 Å². The topological polar surface area (TPSA) is 104 Å². The molecule has 0 aromatic carbocycles. The molecular formula is C18H23N5O3. The zero-order valence-corrected chi connectivity index (χ0v) is 14.8. The molecule has 3 heterocycles. The highest BCUT2D eigenvalue weighted by molar-refractivity contribution is 5.93. The van der Waals surface area contributed by atoms with Crippen LogP contribution in [0.4, 0.5) is 5.82 Å². The first-order valence-corrected chi connectivity index (χ1v) is 9.12. The van der Waals surface area contributed by atoms with Crippen molar-refractivity contribution in [3.63, 3.8) is 0 Å². The van der Waals surface area contributed by atoms with Crippen LogP contribution < -0.4 is 10.2 Å². The van der Waals surface area contributed by atoms with Crippen LogP contribution in [0, 0.1) is 0 Å². The summed E-state index contributed by atoms with van der Waals surface area (Å²) in [4.78, 5) is 27.1. The van der Waals surface area contributed by atoms with Crippen LogP contribution in [0.2, 0.25) is 0 Å². The third kappa shape index (κ3) is 3.29. The van der Waals surface area contributed by atoms with Crippen molar-refractivity contribution >= 4 is 11.7 Å². The van der Waals surface area contributed by atoms with Gasteiger partial charge in [-0.25, -0.2) is 15.0 Å². The highest BCUT2D eigenvalue weighted by Crippen LogP contribution is 2.37. The fourth-order valence-corrected chi connectivity index (χ4v) is 3.65. The average molecular weight is 357 g/mol. The van der Waals surface area contributed by atoms with Gasteiger partial charge in [-0.3, -0.25) is 4.79 Å². The third-order valence-corrected chi connectivity index (χ3v) is 5.23. The number of β-amino-alcohol motifs (C(OH)–C–C–N with tert-alkyl or cyclic N) is 1. The number of rotatable bonds is 5. The quantitative estimate of drug-likeness (QED) is 0.830. The molecule has 1 amide bonds. The van der Waals surface area contributed by atoms with Crippen LogP contribution in [0.15, 0.2) is 23.2 Å². The summed E-state index contributed by atoms with van der Waals surface area (Å²) in [5.74, 6) is 1.63. The van der Waals surface area contributed by atoms with Crippen LogP contribution >= 0.6 is 0 Å². The molecule has 0 unspecified atom stereocenters. The maximum Gasteiger partial charge on any atom is 0.273 e. The normalized spacial score (nSPS) is 25.2. The molecule has 0 spiro atoms. The Morgan fingerprint density at radius 1 is 1.38 bits per heavy atom. The first kappa shape index (κ1) is 17.0. The van der Waals surface area contributed by atoms with Gasteiger partial charge in [0, 0.05) is 43.2 Å². The maximum atomic E-state index is 12.3. The maximum absolute atomic E-state index is 12.3. The minimum atomic E-state index is -0.277. The van der Waals surface area contributed by atoms with Crippen molar-refractivity contribution in [1.82, 2.24) is 20.3 Å². The van der Waals surface area contributed by atoms with Crippen LogP contribution in [0.3, 0.4) is 0 Å². The van der Waals surface area contributed by atoms with Crippen LogP contribution in [-0.2, 0) is 6.42 Å². The second-order valence-corrected chi connectivity index (χ2v) is 7.01. The summed E-state index contributed by atoms with van der Waals surface area (Å²) in [7, 11) is 0. The summed E-state index contributed by atoms with van der Waals surface area (Å²) in [6.07, 6.45) is 5.75. The van der Waals surface area contributed by atoms with Gasteiger partial charge >= 0.3 is 0 Å². The molecule has 1 saturated heterocycles. The molecule has 2 aliphatic rings. The van der Waals surface area contributed by atoms with Crippen molar-refractivity contribution in [3.05, 3.63) is 35.9 Å². The van der Waals surface area contributed by atoms with Gasteiger partial charge < -0.3 is 19.7 Å². The molecule has 8 nitrogen and oxygen atoms in total. The fraction of sp³-hybridized carbons (Fsp3) is 0.556. The monoisotopic (exact) mass is 357 g/mol. The van der Waals surface area contributed by atoms with Gasteiger partial charge in [0.2, 0.25) is 0 Å². The number of carbonyl (C=O) groups is 1. The lowest BCUT2D eigenvalue weighted by Crippen LogP contribution is -2.44. The van der Waals surface area contributed by atoms with Gasteiger partial charge in [-0.05, 0) is 19.3 Å².